The van der Waals surface area contributed by atoms with Gasteiger partial charge in [-0.25, -0.2) is 9.78 Å². The first-order valence-electron chi connectivity index (χ1n) is 13.5. The normalized spacial score (nSPS) is 15.7. The number of amides is 4. The maximum absolute atomic E-state index is 13.1. The van der Waals surface area contributed by atoms with Crippen molar-refractivity contribution >= 4 is 35.1 Å². The Labute approximate surface area is 250 Å². The molecule has 1 fully saturated rings. The average Bonchev–Trinajstić information content (AvgIpc) is 2.94. The van der Waals surface area contributed by atoms with E-state index in [1.165, 1.54) is 11.9 Å². The van der Waals surface area contributed by atoms with Crippen LogP contribution in [0.5, 0.6) is 5.88 Å². The van der Waals surface area contributed by atoms with Gasteiger partial charge >= 0.3 is 6.03 Å². The number of rotatable bonds is 9. The lowest BCUT2D eigenvalue weighted by Crippen LogP contribution is -2.56. The molecular weight excluding hydrogens is 558 g/mol. The van der Waals surface area contributed by atoms with E-state index >= 15 is 0 Å². The van der Waals surface area contributed by atoms with E-state index in [1.54, 1.807) is 34.1 Å². The van der Waals surface area contributed by atoms with Crippen LogP contribution in [-0.2, 0) is 16.1 Å². The van der Waals surface area contributed by atoms with Crippen LogP contribution in [0, 0.1) is 12.8 Å². The van der Waals surface area contributed by atoms with Crippen LogP contribution < -0.4 is 15.4 Å². The van der Waals surface area contributed by atoms with Crippen LogP contribution in [0.1, 0.15) is 25.0 Å². The SMILES string of the molecule is COc1nc(-c2cccc(-c3cccc(NC(=O)C4CN(C)C(=O)N(C)C4=O)c3C)c2Cl)ccc1CNCC(C)(C)O. The van der Waals surface area contributed by atoms with Crippen molar-refractivity contribution in [3.63, 3.8) is 0 Å². The van der Waals surface area contributed by atoms with Crippen LogP contribution in [0.15, 0.2) is 48.5 Å². The fraction of sp³-hybridized carbons (Fsp3) is 0.355. The van der Waals surface area contributed by atoms with Gasteiger partial charge in [0.1, 0.15) is 5.92 Å². The summed E-state index contributed by atoms with van der Waals surface area (Å²) >= 11 is 6.97. The van der Waals surface area contributed by atoms with Crippen molar-refractivity contribution < 1.29 is 24.2 Å². The molecule has 0 bridgehead atoms. The molecule has 4 rings (SSSR count). The summed E-state index contributed by atoms with van der Waals surface area (Å²) in [5.41, 5.74) is 4.20. The van der Waals surface area contributed by atoms with Crippen molar-refractivity contribution in [3.05, 3.63) is 64.7 Å². The number of carbonyl (C=O) groups is 3. The number of methoxy groups -OCH3 is 1. The number of aliphatic hydroxyl groups is 1. The number of imide groups is 1. The Morgan fingerprint density at radius 3 is 2.45 bits per heavy atom. The lowest BCUT2D eigenvalue weighted by Gasteiger charge is -2.33. The van der Waals surface area contributed by atoms with Gasteiger partial charge in [0.15, 0.2) is 0 Å². The molecule has 0 saturated carbocycles. The molecule has 1 aliphatic rings. The molecule has 4 amide bonds. The summed E-state index contributed by atoms with van der Waals surface area (Å²) in [6, 6.07) is 14.5. The Hall–Kier alpha value is -3.99. The van der Waals surface area contributed by atoms with Crippen LogP contribution >= 0.6 is 11.6 Å². The van der Waals surface area contributed by atoms with E-state index in [1.807, 2.05) is 49.4 Å². The molecule has 1 aliphatic heterocycles. The molecule has 222 valence electrons. The molecule has 1 aromatic heterocycles. The lowest BCUT2D eigenvalue weighted by molar-refractivity contribution is -0.140. The second-order valence-electron chi connectivity index (χ2n) is 11.0. The minimum absolute atomic E-state index is 0.00515. The van der Waals surface area contributed by atoms with Crippen molar-refractivity contribution in [3.8, 4) is 28.3 Å². The molecule has 42 heavy (non-hydrogen) atoms. The summed E-state index contributed by atoms with van der Waals surface area (Å²) in [6.07, 6.45) is 0. The molecule has 11 heteroatoms. The predicted octanol–water partition coefficient (Wildman–Crippen LogP) is 4.33. The fourth-order valence-corrected chi connectivity index (χ4v) is 5.19. The Balaban J connectivity index is 1.60. The minimum atomic E-state index is -1.01. The Morgan fingerprint density at radius 1 is 1.10 bits per heavy atom. The molecule has 10 nitrogen and oxygen atoms in total. The third kappa shape index (κ3) is 6.56. The number of halogens is 1. The largest absolute Gasteiger partial charge is 0.481 e. The minimum Gasteiger partial charge on any atom is -0.481 e. The number of hydrogen-bond donors (Lipinski definition) is 3. The first kappa shape index (κ1) is 31.0. The number of pyridine rings is 1. The fourth-order valence-electron chi connectivity index (χ4n) is 4.86. The molecule has 1 unspecified atom stereocenters. The summed E-state index contributed by atoms with van der Waals surface area (Å²) in [7, 11) is 4.48. The van der Waals surface area contributed by atoms with Crippen LogP contribution in [0.2, 0.25) is 5.02 Å². The van der Waals surface area contributed by atoms with Crippen molar-refractivity contribution in [1.29, 1.82) is 0 Å². The monoisotopic (exact) mass is 593 g/mol. The molecule has 1 saturated heterocycles. The lowest BCUT2D eigenvalue weighted by atomic mass is 9.96. The third-order valence-electron chi connectivity index (χ3n) is 7.18. The highest BCUT2D eigenvalue weighted by Crippen LogP contribution is 2.39. The molecular formula is C31H36ClN5O5. The standard InChI is InChI=1S/C31H36ClN5O5/c1-18-20(9-8-12-24(18)34-27(38)23-16-36(4)30(40)37(5)29(23)39)21-10-7-11-22(26(21)32)25-14-13-19(28(35-25)42-6)15-33-17-31(2,3)41/h7-14,23,33,41H,15-17H2,1-6H3,(H,34,38). The van der Waals surface area contributed by atoms with Crippen molar-refractivity contribution in [2.24, 2.45) is 5.92 Å². The van der Waals surface area contributed by atoms with E-state index in [-0.39, 0.29) is 6.54 Å². The van der Waals surface area contributed by atoms with Gasteiger partial charge in [0.05, 0.1) is 23.4 Å². The highest BCUT2D eigenvalue weighted by atomic mass is 35.5. The van der Waals surface area contributed by atoms with Crippen LogP contribution in [-0.4, -0.2) is 77.6 Å². The van der Waals surface area contributed by atoms with E-state index in [2.05, 4.69) is 10.6 Å². The summed E-state index contributed by atoms with van der Waals surface area (Å²) in [5, 5.41) is 16.5. The van der Waals surface area contributed by atoms with Crippen LogP contribution in [0.3, 0.4) is 0 Å². The number of urea groups is 1. The number of carbonyl (C=O) groups excluding carboxylic acids is 3. The first-order chi connectivity index (χ1) is 19.8. The van der Waals surface area contributed by atoms with E-state index < -0.39 is 29.4 Å². The van der Waals surface area contributed by atoms with Gasteiger partial charge in [0.2, 0.25) is 17.7 Å². The number of hydrogen-bond acceptors (Lipinski definition) is 7. The number of benzene rings is 2. The summed E-state index contributed by atoms with van der Waals surface area (Å²) in [4.78, 5) is 44.8. The highest BCUT2D eigenvalue weighted by Gasteiger charge is 2.39. The summed E-state index contributed by atoms with van der Waals surface area (Å²) in [5.74, 6) is -1.59. The zero-order valence-electron chi connectivity index (χ0n) is 24.6. The van der Waals surface area contributed by atoms with Crippen molar-refractivity contribution in [2.45, 2.75) is 32.9 Å². The van der Waals surface area contributed by atoms with Gasteiger partial charge in [0.25, 0.3) is 0 Å². The second kappa shape index (κ2) is 12.5. The smallest absolute Gasteiger partial charge is 0.326 e. The van der Waals surface area contributed by atoms with Crippen molar-refractivity contribution in [1.82, 2.24) is 20.1 Å². The first-order valence-corrected chi connectivity index (χ1v) is 13.9. The maximum Gasteiger partial charge on any atom is 0.326 e. The van der Waals surface area contributed by atoms with Gasteiger partial charge in [-0.1, -0.05) is 48.0 Å². The van der Waals surface area contributed by atoms with Crippen molar-refractivity contribution in [2.75, 3.05) is 39.6 Å². The van der Waals surface area contributed by atoms with Gasteiger partial charge in [0, 0.05) is 56.1 Å². The topological polar surface area (TPSA) is 124 Å². The Kier molecular flexibility index (Phi) is 9.20. The number of ether oxygens (including phenoxy) is 1. The maximum atomic E-state index is 13.1. The number of aromatic nitrogens is 1. The third-order valence-corrected chi connectivity index (χ3v) is 7.58. The predicted molar refractivity (Wildman–Crippen MR) is 162 cm³/mol. The molecule has 1 atom stereocenters. The zero-order valence-corrected chi connectivity index (χ0v) is 25.4. The van der Waals surface area contributed by atoms with E-state index in [0.29, 0.717) is 40.9 Å². The molecule has 0 radical (unpaired) electrons. The quantitative estimate of drug-likeness (QED) is 0.316. The molecule has 3 N–H and O–H groups in total. The Bertz CT molecular complexity index is 1520. The van der Waals surface area contributed by atoms with Gasteiger partial charge in [-0.05, 0) is 44.0 Å². The zero-order chi connectivity index (χ0) is 30.8. The number of anilines is 1. The van der Waals surface area contributed by atoms with Gasteiger partial charge in [-0.2, -0.15) is 0 Å². The van der Waals surface area contributed by atoms with Gasteiger partial charge < -0.3 is 25.4 Å². The molecule has 2 aromatic carbocycles. The molecule has 2 heterocycles. The second-order valence-corrected chi connectivity index (χ2v) is 11.4. The number of nitrogens with one attached hydrogen (secondary N) is 2. The van der Waals surface area contributed by atoms with E-state index in [4.69, 9.17) is 21.3 Å². The number of nitrogens with zero attached hydrogens (tertiary/aromatic N) is 3. The van der Waals surface area contributed by atoms with Gasteiger partial charge in [-0.15, -0.1) is 0 Å². The highest BCUT2D eigenvalue weighted by molar-refractivity contribution is 6.36. The van der Waals surface area contributed by atoms with E-state index in [0.717, 1.165) is 27.2 Å². The average molecular weight is 594 g/mol. The molecule has 3 aromatic rings. The van der Waals surface area contributed by atoms with Gasteiger partial charge in [-0.3, -0.25) is 14.5 Å². The molecule has 0 aliphatic carbocycles. The summed E-state index contributed by atoms with van der Waals surface area (Å²) < 4.78 is 5.55. The van der Waals surface area contributed by atoms with Crippen LogP contribution in [0.25, 0.3) is 22.4 Å². The Morgan fingerprint density at radius 2 is 1.76 bits per heavy atom. The molecule has 0 spiro atoms. The van der Waals surface area contributed by atoms with E-state index in [9.17, 15) is 19.5 Å². The van der Waals surface area contributed by atoms with Crippen LogP contribution in [0.4, 0.5) is 10.5 Å². The summed E-state index contributed by atoms with van der Waals surface area (Å²) in [6.45, 7) is 6.23.